The van der Waals surface area contributed by atoms with E-state index >= 15 is 0 Å². The Labute approximate surface area is 190 Å². The smallest absolute Gasteiger partial charge is 0.407 e. The summed E-state index contributed by atoms with van der Waals surface area (Å²) >= 11 is 0. The standard InChI is InChI=1S/C24H24N4O5/c1-14(23(30)31)26-22(29)21-11-15(27-28(21)2)12-25-24(32)33-13-20-18-9-5-3-7-16(18)17-8-4-6-10-19(17)20/h3-11,14,20H,12-13H2,1-2H3,(H,25,32)(H,26,29)(H,30,31)/t14-/m0/s1. The topological polar surface area (TPSA) is 123 Å². The van der Waals surface area contributed by atoms with Gasteiger partial charge in [-0.15, -0.1) is 0 Å². The Morgan fingerprint density at radius 1 is 1.09 bits per heavy atom. The Balaban J connectivity index is 1.35. The monoisotopic (exact) mass is 448 g/mol. The van der Waals surface area contributed by atoms with Gasteiger partial charge in [0, 0.05) is 13.0 Å². The first-order valence-corrected chi connectivity index (χ1v) is 10.5. The Hall–Kier alpha value is -4.14. The molecule has 170 valence electrons. The zero-order valence-corrected chi connectivity index (χ0v) is 18.2. The summed E-state index contributed by atoms with van der Waals surface area (Å²) in [6, 6.07) is 16.6. The van der Waals surface area contributed by atoms with Gasteiger partial charge >= 0.3 is 12.1 Å². The predicted molar refractivity (Wildman–Crippen MR) is 120 cm³/mol. The van der Waals surface area contributed by atoms with Gasteiger partial charge in [0.2, 0.25) is 0 Å². The molecule has 0 radical (unpaired) electrons. The number of benzene rings is 2. The Morgan fingerprint density at radius 2 is 1.70 bits per heavy atom. The average Bonchev–Trinajstić information content (AvgIpc) is 3.34. The van der Waals surface area contributed by atoms with E-state index < -0.39 is 24.0 Å². The van der Waals surface area contributed by atoms with Crippen LogP contribution in [-0.2, 0) is 23.1 Å². The van der Waals surface area contributed by atoms with Crippen LogP contribution in [0.25, 0.3) is 11.1 Å². The van der Waals surface area contributed by atoms with Gasteiger partial charge in [0.15, 0.2) is 0 Å². The number of carbonyl (C=O) groups excluding carboxylic acids is 2. The summed E-state index contributed by atoms with van der Waals surface area (Å²) in [7, 11) is 1.57. The van der Waals surface area contributed by atoms with Crippen molar-refractivity contribution in [2.24, 2.45) is 7.05 Å². The molecule has 0 saturated carbocycles. The van der Waals surface area contributed by atoms with Gasteiger partial charge in [-0.25, -0.2) is 4.79 Å². The van der Waals surface area contributed by atoms with E-state index in [9.17, 15) is 14.4 Å². The largest absolute Gasteiger partial charge is 0.480 e. The number of carbonyl (C=O) groups is 3. The molecule has 0 fully saturated rings. The third kappa shape index (κ3) is 4.57. The van der Waals surface area contributed by atoms with Crippen LogP contribution >= 0.6 is 0 Å². The molecule has 0 aliphatic heterocycles. The van der Waals surface area contributed by atoms with Crippen LogP contribution < -0.4 is 10.6 Å². The minimum absolute atomic E-state index is 0.0375. The van der Waals surface area contributed by atoms with Gasteiger partial charge in [-0.1, -0.05) is 48.5 Å². The number of nitrogens with one attached hydrogen (secondary N) is 2. The van der Waals surface area contributed by atoms with Crippen LogP contribution in [0.4, 0.5) is 4.79 Å². The van der Waals surface area contributed by atoms with E-state index in [1.54, 1.807) is 7.05 Å². The van der Waals surface area contributed by atoms with Crippen molar-refractivity contribution in [3.63, 3.8) is 0 Å². The Morgan fingerprint density at radius 3 is 2.30 bits per heavy atom. The van der Waals surface area contributed by atoms with Gasteiger partial charge in [-0.2, -0.15) is 5.10 Å². The van der Waals surface area contributed by atoms with Crippen molar-refractivity contribution in [3.05, 3.63) is 77.1 Å². The Bertz CT molecular complexity index is 1170. The molecular weight excluding hydrogens is 424 g/mol. The molecular formula is C24H24N4O5. The third-order valence-corrected chi connectivity index (χ3v) is 5.64. The molecule has 9 nitrogen and oxygen atoms in total. The second-order valence-corrected chi connectivity index (χ2v) is 7.86. The van der Waals surface area contributed by atoms with Crippen molar-refractivity contribution >= 4 is 18.0 Å². The molecule has 1 atom stereocenters. The van der Waals surface area contributed by atoms with Gasteiger partial charge in [-0.3, -0.25) is 14.3 Å². The maximum absolute atomic E-state index is 12.3. The van der Waals surface area contributed by atoms with Crippen LogP contribution in [0.2, 0.25) is 0 Å². The number of hydrogen-bond donors (Lipinski definition) is 3. The average molecular weight is 448 g/mol. The molecule has 1 aliphatic rings. The van der Waals surface area contributed by atoms with Gasteiger partial charge in [-0.05, 0) is 35.2 Å². The van der Waals surface area contributed by atoms with Crippen LogP contribution in [-0.4, -0.2) is 45.5 Å². The molecule has 2 aromatic carbocycles. The number of aliphatic carboxylic acids is 1. The number of nitrogens with zero attached hydrogens (tertiary/aromatic N) is 2. The van der Waals surface area contributed by atoms with Gasteiger partial charge < -0.3 is 20.5 Å². The number of hydrogen-bond acceptors (Lipinski definition) is 5. The molecule has 1 aliphatic carbocycles. The fraction of sp³-hybridized carbons (Fsp3) is 0.250. The van der Waals surface area contributed by atoms with Gasteiger partial charge in [0.05, 0.1) is 12.2 Å². The van der Waals surface area contributed by atoms with E-state index in [1.807, 2.05) is 36.4 Å². The van der Waals surface area contributed by atoms with Crippen molar-refractivity contribution in [2.45, 2.75) is 25.4 Å². The van der Waals surface area contributed by atoms with E-state index in [0.29, 0.717) is 5.69 Å². The van der Waals surface area contributed by atoms with E-state index in [1.165, 1.54) is 17.7 Å². The van der Waals surface area contributed by atoms with E-state index in [-0.39, 0.29) is 24.8 Å². The number of aryl methyl sites for hydroxylation is 1. The zero-order valence-electron chi connectivity index (χ0n) is 18.2. The number of ether oxygens (including phenoxy) is 1. The van der Waals surface area contributed by atoms with Crippen LogP contribution in [0.15, 0.2) is 54.6 Å². The highest BCUT2D eigenvalue weighted by Gasteiger charge is 2.29. The van der Waals surface area contributed by atoms with Crippen molar-refractivity contribution in [3.8, 4) is 11.1 Å². The normalized spacial score (nSPS) is 13.0. The molecule has 2 amide bonds. The van der Waals surface area contributed by atoms with Gasteiger partial charge in [0.25, 0.3) is 5.91 Å². The van der Waals surface area contributed by atoms with Crippen molar-refractivity contribution in [1.29, 1.82) is 0 Å². The van der Waals surface area contributed by atoms with Gasteiger partial charge in [0.1, 0.15) is 18.3 Å². The lowest BCUT2D eigenvalue weighted by atomic mass is 9.98. The molecule has 3 aromatic rings. The molecule has 33 heavy (non-hydrogen) atoms. The molecule has 4 rings (SSSR count). The minimum atomic E-state index is -1.14. The summed E-state index contributed by atoms with van der Waals surface area (Å²) in [6.07, 6.45) is -0.590. The molecule has 0 spiro atoms. The highest BCUT2D eigenvalue weighted by Crippen LogP contribution is 2.44. The van der Waals surface area contributed by atoms with Crippen molar-refractivity contribution in [1.82, 2.24) is 20.4 Å². The highest BCUT2D eigenvalue weighted by atomic mass is 16.5. The summed E-state index contributed by atoms with van der Waals surface area (Å²) in [4.78, 5) is 35.5. The Kier molecular flexibility index (Phi) is 6.12. The van der Waals surface area contributed by atoms with Crippen LogP contribution in [0, 0.1) is 0 Å². The number of amides is 2. The predicted octanol–water partition coefficient (Wildman–Crippen LogP) is 2.66. The number of alkyl carbamates (subject to hydrolysis) is 1. The molecule has 0 saturated heterocycles. The van der Waals surface area contributed by atoms with E-state index in [0.717, 1.165) is 22.3 Å². The quantitative estimate of drug-likeness (QED) is 0.511. The number of fused-ring (bicyclic) bond motifs is 3. The summed E-state index contributed by atoms with van der Waals surface area (Å²) in [6.45, 7) is 1.63. The number of carboxylic acids is 1. The fourth-order valence-corrected chi connectivity index (χ4v) is 3.97. The highest BCUT2D eigenvalue weighted by molar-refractivity contribution is 5.95. The van der Waals surface area contributed by atoms with Crippen LogP contribution in [0.3, 0.4) is 0 Å². The fourth-order valence-electron chi connectivity index (χ4n) is 3.97. The SMILES string of the molecule is C[C@H](NC(=O)c1cc(CNC(=O)OCC2c3ccccc3-c3ccccc32)nn1C)C(=O)O. The lowest BCUT2D eigenvalue weighted by Gasteiger charge is -2.14. The maximum atomic E-state index is 12.3. The number of rotatable bonds is 7. The lowest BCUT2D eigenvalue weighted by molar-refractivity contribution is -0.138. The first kappa shape index (κ1) is 22.1. The molecule has 3 N–H and O–H groups in total. The molecule has 1 heterocycles. The minimum Gasteiger partial charge on any atom is -0.480 e. The maximum Gasteiger partial charge on any atom is 0.407 e. The summed E-state index contributed by atoms with van der Waals surface area (Å²) < 4.78 is 6.83. The molecule has 0 bridgehead atoms. The van der Waals surface area contributed by atoms with Crippen LogP contribution in [0.5, 0.6) is 0 Å². The lowest BCUT2D eigenvalue weighted by Crippen LogP contribution is -2.39. The summed E-state index contributed by atoms with van der Waals surface area (Å²) in [5.41, 5.74) is 5.19. The van der Waals surface area contributed by atoms with Crippen LogP contribution in [0.1, 0.15) is 40.2 Å². The van der Waals surface area contributed by atoms with Crippen molar-refractivity contribution < 1.29 is 24.2 Å². The zero-order chi connectivity index (χ0) is 23.5. The molecule has 9 heteroatoms. The summed E-state index contributed by atoms with van der Waals surface area (Å²) in [5.74, 6) is -1.74. The van der Waals surface area contributed by atoms with Crippen molar-refractivity contribution in [2.75, 3.05) is 6.61 Å². The second-order valence-electron chi connectivity index (χ2n) is 7.86. The number of carboxylic acid groups (broad SMARTS) is 1. The summed E-state index contributed by atoms with van der Waals surface area (Å²) in [5, 5.41) is 18.1. The molecule has 1 aromatic heterocycles. The first-order chi connectivity index (χ1) is 15.8. The third-order valence-electron chi connectivity index (χ3n) is 5.64. The first-order valence-electron chi connectivity index (χ1n) is 10.5. The number of aromatic nitrogens is 2. The van der Waals surface area contributed by atoms with E-state index in [2.05, 4.69) is 27.9 Å². The molecule has 0 unspecified atom stereocenters. The second kappa shape index (κ2) is 9.15. The van der Waals surface area contributed by atoms with E-state index in [4.69, 9.17) is 9.84 Å².